The first-order valence-electron chi connectivity index (χ1n) is 6.77. The summed E-state index contributed by atoms with van der Waals surface area (Å²) in [5.41, 5.74) is 4.10. The number of hydrogen-bond acceptors (Lipinski definition) is 2. The first-order chi connectivity index (χ1) is 10.6. The first kappa shape index (κ1) is 13.5. The van der Waals surface area contributed by atoms with Crippen molar-refractivity contribution in [3.63, 3.8) is 0 Å². The van der Waals surface area contributed by atoms with Gasteiger partial charge in [-0.25, -0.2) is 9.78 Å². The molecule has 2 aliphatic heterocycles. The number of halogens is 1. The van der Waals surface area contributed by atoms with Gasteiger partial charge >= 0.3 is 5.97 Å². The molecule has 2 aromatic rings. The zero-order chi connectivity index (χ0) is 15.4. The molecule has 2 aromatic carbocycles. The number of nitrogens with zero attached hydrogens (tertiary/aromatic N) is 2. The highest BCUT2D eigenvalue weighted by Crippen LogP contribution is 2.38. The van der Waals surface area contributed by atoms with Crippen molar-refractivity contribution in [2.24, 2.45) is 7.05 Å². The number of benzene rings is 2. The average molecular weight is 402 g/mol. The molecule has 0 aliphatic carbocycles. The Labute approximate surface area is 139 Å². The van der Waals surface area contributed by atoms with E-state index < -0.39 is 5.97 Å². The highest BCUT2D eigenvalue weighted by molar-refractivity contribution is 14.1. The van der Waals surface area contributed by atoms with Crippen LogP contribution in [0.3, 0.4) is 0 Å². The van der Waals surface area contributed by atoms with E-state index in [4.69, 9.17) is 4.98 Å². The lowest BCUT2D eigenvalue weighted by Gasteiger charge is -2.14. The van der Waals surface area contributed by atoms with E-state index in [1.807, 2.05) is 19.2 Å². The largest absolute Gasteiger partial charge is 0.478 e. The number of aromatic carboxylic acids is 1. The summed E-state index contributed by atoms with van der Waals surface area (Å²) in [7, 11) is 2.00. The van der Waals surface area contributed by atoms with Gasteiger partial charge in [0.25, 0.3) is 0 Å². The van der Waals surface area contributed by atoms with Gasteiger partial charge in [0.2, 0.25) is 0 Å². The van der Waals surface area contributed by atoms with Gasteiger partial charge in [0.15, 0.2) is 0 Å². The molecule has 0 atom stereocenters. The number of aryl methyl sites for hydroxylation is 1. The van der Waals surface area contributed by atoms with Gasteiger partial charge in [-0.2, -0.15) is 0 Å². The summed E-state index contributed by atoms with van der Waals surface area (Å²) in [4.78, 5) is 15.9. The van der Waals surface area contributed by atoms with Crippen LogP contribution in [0.1, 0.15) is 10.4 Å². The van der Waals surface area contributed by atoms with Crippen molar-refractivity contribution < 1.29 is 9.90 Å². The summed E-state index contributed by atoms with van der Waals surface area (Å²) in [5.74, 6) is -0.922. The number of aromatic nitrogens is 2. The van der Waals surface area contributed by atoms with Crippen LogP contribution in [0.25, 0.3) is 33.2 Å². The molecule has 1 N–H and O–H groups in total. The van der Waals surface area contributed by atoms with E-state index in [1.165, 1.54) is 0 Å². The van der Waals surface area contributed by atoms with Crippen LogP contribution in [-0.4, -0.2) is 20.6 Å². The molecule has 0 spiro atoms. The van der Waals surface area contributed by atoms with Crippen LogP contribution >= 0.6 is 22.6 Å². The van der Waals surface area contributed by atoms with Crippen molar-refractivity contribution in [3.05, 3.63) is 51.6 Å². The second-order valence-corrected chi connectivity index (χ2v) is 6.31. The van der Waals surface area contributed by atoms with Crippen molar-refractivity contribution in [2.75, 3.05) is 0 Å². The van der Waals surface area contributed by atoms with Crippen molar-refractivity contribution in [1.29, 1.82) is 0 Å². The number of carbonyl (C=O) groups is 1. The fourth-order valence-electron chi connectivity index (χ4n) is 2.95. The number of hydrogen-bond donors (Lipinski definition) is 1. The lowest BCUT2D eigenvalue weighted by atomic mass is 10.1. The van der Waals surface area contributed by atoms with Crippen LogP contribution in [0.2, 0.25) is 0 Å². The third kappa shape index (κ3) is 1.75. The third-order valence-electron chi connectivity index (χ3n) is 4.00. The molecule has 0 saturated carbocycles. The Hall–Kier alpha value is -2.15. The predicted octanol–water partition coefficient (Wildman–Crippen LogP) is 4.13. The van der Waals surface area contributed by atoms with Crippen molar-refractivity contribution in [1.82, 2.24) is 9.55 Å². The van der Waals surface area contributed by atoms with Gasteiger partial charge < -0.3 is 9.67 Å². The first-order valence-corrected chi connectivity index (χ1v) is 7.85. The number of carboxylic acid groups (broad SMARTS) is 1. The fraction of sp³-hybridized carbons (Fsp3) is 0.0588. The molecular formula is C17H11IN2O2. The van der Waals surface area contributed by atoms with Crippen molar-refractivity contribution in [2.45, 2.75) is 0 Å². The minimum Gasteiger partial charge on any atom is -0.478 e. The summed E-state index contributed by atoms with van der Waals surface area (Å²) < 4.78 is 3.18. The number of para-hydroxylation sites is 1. The normalized spacial score (nSPS) is 11.5. The van der Waals surface area contributed by atoms with Crippen molar-refractivity contribution >= 4 is 50.4 Å². The Morgan fingerprint density at radius 3 is 2.73 bits per heavy atom. The molecule has 0 unspecified atom stereocenters. The van der Waals surface area contributed by atoms with Gasteiger partial charge in [0.05, 0.1) is 20.3 Å². The lowest BCUT2D eigenvalue weighted by Crippen LogP contribution is -2.02. The van der Waals surface area contributed by atoms with E-state index in [2.05, 4.69) is 39.3 Å². The SMILES string of the molecule is Cn1c2c3cc(C(=O)O)ccc3nc-2c(I)c2ccccc21. The van der Waals surface area contributed by atoms with E-state index in [9.17, 15) is 9.90 Å². The van der Waals surface area contributed by atoms with E-state index >= 15 is 0 Å². The molecule has 4 nitrogen and oxygen atoms in total. The number of rotatable bonds is 1. The zero-order valence-corrected chi connectivity index (χ0v) is 13.8. The molecule has 22 heavy (non-hydrogen) atoms. The minimum atomic E-state index is -0.922. The fourth-order valence-corrected chi connectivity index (χ4v) is 3.78. The monoisotopic (exact) mass is 402 g/mol. The number of fused-ring (bicyclic) bond motifs is 4. The minimum absolute atomic E-state index is 0.282. The molecular weight excluding hydrogens is 391 g/mol. The molecule has 0 fully saturated rings. The molecule has 0 saturated heterocycles. The van der Waals surface area contributed by atoms with Gasteiger partial charge in [0.1, 0.15) is 5.69 Å². The second-order valence-electron chi connectivity index (χ2n) is 5.24. The molecule has 5 heteroatoms. The van der Waals surface area contributed by atoms with Crippen LogP contribution in [0.15, 0.2) is 42.5 Å². The van der Waals surface area contributed by atoms with Crippen LogP contribution in [0, 0.1) is 3.57 Å². The maximum atomic E-state index is 11.2. The average Bonchev–Trinajstić information content (AvgIpc) is 2.91. The topological polar surface area (TPSA) is 55.1 Å². The molecule has 0 bridgehead atoms. The van der Waals surface area contributed by atoms with Gasteiger partial charge in [-0.1, -0.05) is 18.2 Å². The predicted molar refractivity (Wildman–Crippen MR) is 94.5 cm³/mol. The van der Waals surface area contributed by atoms with Crippen LogP contribution < -0.4 is 0 Å². The van der Waals surface area contributed by atoms with Gasteiger partial charge in [-0.3, -0.25) is 0 Å². The molecule has 4 rings (SSSR count). The van der Waals surface area contributed by atoms with Gasteiger partial charge in [0, 0.05) is 23.3 Å². The molecule has 2 heterocycles. The lowest BCUT2D eigenvalue weighted by molar-refractivity contribution is 0.0697. The molecule has 0 amide bonds. The summed E-state index contributed by atoms with van der Waals surface area (Å²) in [5, 5.41) is 11.2. The third-order valence-corrected chi connectivity index (χ3v) is 5.09. The maximum absolute atomic E-state index is 11.2. The van der Waals surface area contributed by atoms with Crippen molar-refractivity contribution in [3.8, 4) is 11.4 Å². The van der Waals surface area contributed by atoms with E-state index in [0.717, 1.165) is 36.8 Å². The summed E-state index contributed by atoms with van der Waals surface area (Å²) in [6, 6.07) is 13.3. The van der Waals surface area contributed by atoms with E-state index in [-0.39, 0.29) is 5.56 Å². The van der Waals surface area contributed by atoms with E-state index in [1.54, 1.807) is 18.2 Å². The van der Waals surface area contributed by atoms with Gasteiger partial charge in [-0.05, 0) is 46.9 Å². The molecule has 2 aliphatic rings. The van der Waals surface area contributed by atoms with Crippen LogP contribution in [0.5, 0.6) is 0 Å². The summed E-state index contributed by atoms with van der Waals surface area (Å²) in [6.45, 7) is 0. The highest BCUT2D eigenvalue weighted by atomic mass is 127. The van der Waals surface area contributed by atoms with Crippen LogP contribution in [-0.2, 0) is 7.05 Å². The maximum Gasteiger partial charge on any atom is 0.335 e. The molecule has 0 radical (unpaired) electrons. The Bertz CT molecular complexity index is 1040. The highest BCUT2D eigenvalue weighted by Gasteiger charge is 2.21. The number of pyridine rings is 1. The molecule has 108 valence electrons. The summed E-state index contributed by atoms with van der Waals surface area (Å²) >= 11 is 2.32. The van der Waals surface area contributed by atoms with E-state index in [0.29, 0.717) is 0 Å². The van der Waals surface area contributed by atoms with Gasteiger partial charge in [-0.15, -0.1) is 0 Å². The Morgan fingerprint density at radius 1 is 1.18 bits per heavy atom. The Morgan fingerprint density at radius 2 is 1.95 bits per heavy atom. The molecule has 0 aromatic heterocycles. The van der Waals surface area contributed by atoms with Crippen LogP contribution in [0.4, 0.5) is 0 Å². The smallest absolute Gasteiger partial charge is 0.335 e. The zero-order valence-electron chi connectivity index (χ0n) is 11.7. The summed E-state index contributed by atoms with van der Waals surface area (Å²) in [6.07, 6.45) is 0. The second kappa shape index (κ2) is 4.67. The standard InChI is InChI=1S/C17H11IN2O2/c1-20-13-5-3-2-4-10(13)14(18)15-16(20)11-8-9(17(21)22)6-7-12(11)19-15/h2-8H,1H3,(H,21,22). The Balaban J connectivity index is 2.23. The number of carboxylic acids is 1. The quantitative estimate of drug-likeness (QED) is 0.487. The Kier molecular flexibility index (Phi) is 2.87.